The highest BCUT2D eigenvalue weighted by molar-refractivity contribution is 6.29. The molecule has 0 fully saturated rings. The van der Waals surface area contributed by atoms with Crippen molar-refractivity contribution >= 4 is 11.6 Å². The van der Waals surface area contributed by atoms with Gasteiger partial charge in [-0.15, -0.1) is 0 Å². The summed E-state index contributed by atoms with van der Waals surface area (Å²) in [5, 5.41) is 0.331. The van der Waals surface area contributed by atoms with E-state index in [1.165, 1.54) is 22.9 Å². The Morgan fingerprint density at radius 3 is 2.61 bits per heavy atom. The van der Waals surface area contributed by atoms with E-state index in [4.69, 9.17) is 16.3 Å². The van der Waals surface area contributed by atoms with E-state index in [9.17, 15) is 13.2 Å². The first kappa shape index (κ1) is 12.8. The maximum atomic E-state index is 12.5. The minimum atomic E-state index is -4.40. The number of hydrogen-bond acceptors (Lipinski definition) is 2. The molecule has 1 aromatic heterocycles. The van der Waals surface area contributed by atoms with Crippen molar-refractivity contribution in [2.45, 2.75) is 6.18 Å². The van der Waals surface area contributed by atoms with Crippen LogP contribution in [-0.4, -0.2) is 9.55 Å². The first-order valence-corrected chi connectivity index (χ1v) is 5.28. The van der Waals surface area contributed by atoms with Crippen molar-refractivity contribution in [1.82, 2.24) is 9.55 Å². The minimum absolute atomic E-state index is 0.0511. The van der Waals surface area contributed by atoms with Gasteiger partial charge in [-0.05, 0) is 18.2 Å². The molecule has 96 valence electrons. The second-order valence-electron chi connectivity index (χ2n) is 3.55. The molecule has 0 aliphatic carbocycles. The monoisotopic (exact) mass is 276 g/mol. The Morgan fingerprint density at radius 2 is 2.06 bits per heavy atom. The zero-order valence-electron chi connectivity index (χ0n) is 9.20. The number of imidazole rings is 1. The van der Waals surface area contributed by atoms with Crippen molar-refractivity contribution in [3.63, 3.8) is 0 Å². The fraction of sp³-hybridized carbons (Fsp3) is 0.182. The van der Waals surface area contributed by atoms with Crippen LogP contribution in [0, 0.1) is 0 Å². The summed E-state index contributed by atoms with van der Waals surface area (Å²) in [7, 11) is 1.60. The van der Waals surface area contributed by atoms with Crippen molar-refractivity contribution < 1.29 is 17.9 Å². The summed E-state index contributed by atoms with van der Waals surface area (Å²) in [5.41, 5.74) is -0.777. The topological polar surface area (TPSA) is 27.1 Å². The lowest BCUT2D eigenvalue weighted by Gasteiger charge is -2.09. The Morgan fingerprint density at radius 1 is 1.33 bits per heavy atom. The van der Waals surface area contributed by atoms with Crippen molar-refractivity contribution in [3.8, 4) is 11.8 Å². The lowest BCUT2D eigenvalue weighted by molar-refractivity contribution is -0.137. The fourth-order valence-electron chi connectivity index (χ4n) is 1.31. The molecule has 0 bridgehead atoms. The molecule has 7 heteroatoms. The molecule has 0 N–H and O–H groups in total. The summed E-state index contributed by atoms with van der Waals surface area (Å²) in [5.74, 6) is 0.0511. The molecule has 0 amide bonds. The van der Waals surface area contributed by atoms with Crippen LogP contribution in [0.2, 0.25) is 5.15 Å². The van der Waals surface area contributed by atoms with Crippen LogP contribution in [0.1, 0.15) is 5.56 Å². The molecule has 18 heavy (non-hydrogen) atoms. The number of halogens is 4. The summed E-state index contributed by atoms with van der Waals surface area (Å²) in [4.78, 5) is 3.83. The molecule has 0 atom stereocenters. The highest BCUT2D eigenvalue weighted by Crippen LogP contribution is 2.32. The third-order valence-corrected chi connectivity index (χ3v) is 2.61. The summed E-state index contributed by atoms with van der Waals surface area (Å²) in [6.45, 7) is 0. The maximum absolute atomic E-state index is 12.5. The van der Waals surface area contributed by atoms with E-state index in [2.05, 4.69) is 4.98 Å². The molecule has 0 radical (unpaired) electrons. The van der Waals surface area contributed by atoms with E-state index in [0.29, 0.717) is 5.15 Å². The van der Waals surface area contributed by atoms with Gasteiger partial charge in [0.05, 0.1) is 11.8 Å². The Hall–Kier alpha value is -1.69. The second kappa shape index (κ2) is 4.53. The zero-order chi connectivity index (χ0) is 13.3. The van der Waals surface area contributed by atoms with Gasteiger partial charge in [-0.2, -0.15) is 13.2 Å². The Bertz CT molecular complexity index is 566. The summed E-state index contributed by atoms with van der Waals surface area (Å²) in [6, 6.07) is 4.68. The number of rotatable bonds is 2. The van der Waals surface area contributed by atoms with E-state index < -0.39 is 11.7 Å². The summed E-state index contributed by atoms with van der Waals surface area (Å²) in [6.07, 6.45) is -3.05. The minimum Gasteiger partial charge on any atom is -0.425 e. The highest BCUT2D eigenvalue weighted by atomic mass is 35.5. The van der Waals surface area contributed by atoms with Gasteiger partial charge in [-0.25, -0.2) is 4.98 Å². The molecule has 2 aromatic rings. The van der Waals surface area contributed by atoms with Crippen molar-refractivity contribution in [3.05, 3.63) is 41.2 Å². The SMILES string of the molecule is Cn1c(Cl)cnc1Oc1cccc(C(F)(F)F)c1. The molecule has 0 unspecified atom stereocenters. The lowest BCUT2D eigenvalue weighted by Crippen LogP contribution is -2.04. The van der Waals surface area contributed by atoms with Crippen molar-refractivity contribution in [2.75, 3.05) is 0 Å². The molecule has 0 spiro atoms. The number of benzene rings is 1. The smallest absolute Gasteiger partial charge is 0.416 e. The number of ether oxygens (including phenoxy) is 1. The number of alkyl halides is 3. The summed E-state index contributed by atoms with van der Waals surface area (Å²) >= 11 is 5.74. The van der Waals surface area contributed by atoms with Crippen LogP contribution in [0.15, 0.2) is 30.5 Å². The Balaban J connectivity index is 2.28. The molecule has 2 rings (SSSR count). The van der Waals surface area contributed by atoms with Crippen LogP contribution < -0.4 is 4.74 Å². The van der Waals surface area contributed by atoms with E-state index >= 15 is 0 Å². The second-order valence-corrected chi connectivity index (χ2v) is 3.94. The predicted octanol–water partition coefficient (Wildman–Crippen LogP) is 3.88. The van der Waals surface area contributed by atoms with E-state index in [1.807, 2.05) is 0 Å². The largest absolute Gasteiger partial charge is 0.425 e. The first-order valence-electron chi connectivity index (χ1n) is 4.90. The van der Waals surface area contributed by atoms with Gasteiger partial charge < -0.3 is 4.74 Å². The van der Waals surface area contributed by atoms with Gasteiger partial charge in [0.15, 0.2) is 0 Å². The number of nitrogens with zero attached hydrogens (tertiary/aromatic N) is 2. The number of hydrogen-bond donors (Lipinski definition) is 0. The Labute approximate surface area is 106 Å². The standard InChI is InChI=1S/C11H8ClF3N2O/c1-17-9(12)6-16-10(17)18-8-4-2-3-7(5-8)11(13,14)15/h2-6H,1H3. The van der Waals surface area contributed by atoms with Crippen molar-refractivity contribution in [2.24, 2.45) is 7.05 Å². The molecule has 1 aromatic carbocycles. The summed E-state index contributed by atoms with van der Waals surface area (Å²) < 4.78 is 44.1. The molecule has 0 aliphatic rings. The van der Waals surface area contributed by atoms with Crippen LogP contribution in [0.5, 0.6) is 11.8 Å². The Kier molecular flexibility index (Phi) is 3.21. The average Bonchev–Trinajstić information content (AvgIpc) is 2.60. The lowest BCUT2D eigenvalue weighted by atomic mass is 10.2. The third kappa shape index (κ3) is 2.59. The van der Waals surface area contributed by atoms with Gasteiger partial charge in [-0.3, -0.25) is 4.57 Å². The van der Waals surface area contributed by atoms with Gasteiger partial charge in [0, 0.05) is 7.05 Å². The van der Waals surface area contributed by atoms with Crippen LogP contribution >= 0.6 is 11.6 Å². The van der Waals surface area contributed by atoms with Gasteiger partial charge in [0.2, 0.25) is 0 Å². The van der Waals surface area contributed by atoms with Crippen molar-refractivity contribution in [1.29, 1.82) is 0 Å². The maximum Gasteiger partial charge on any atom is 0.416 e. The van der Waals surface area contributed by atoms with Crippen LogP contribution in [-0.2, 0) is 13.2 Å². The molecular weight excluding hydrogens is 269 g/mol. The first-order chi connectivity index (χ1) is 8.38. The fourth-order valence-corrected chi connectivity index (χ4v) is 1.43. The number of aromatic nitrogens is 2. The molecular formula is C11H8ClF3N2O. The highest BCUT2D eigenvalue weighted by Gasteiger charge is 2.30. The molecule has 3 nitrogen and oxygen atoms in total. The molecule has 0 aliphatic heterocycles. The molecule has 0 saturated carbocycles. The van der Waals surface area contributed by atoms with Crippen LogP contribution in [0.3, 0.4) is 0 Å². The van der Waals surface area contributed by atoms with Gasteiger partial charge in [0.1, 0.15) is 10.9 Å². The van der Waals surface area contributed by atoms with Gasteiger partial charge >= 0.3 is 12.2 Å². The zero-order valence-corrected chi connectivity index (χ0v) is 9.96. The van der Waals surface area contributed by atoms with Crippen LogP contribution in [0.4, 0.5) is 13.2 Å². The third-order valence-electron chi connectivity index (χ3n) is 2.26. The quantitative estimate of drug-likeness (QED) is 0.832. The van der Waals surface area contributed by atoms with E-state index in [1.54, 1.807) is 7.05 Å². The predicted molar refractivity (Wildman–Crippen MR) is 59.7 cm³/mol. The normalized spacial score (nSPS) is 11.6. The van der Waals surface area contributed by atoms with E-state index in [-0.39, 0.29) is 11.8 Å². The van der Waals surface area contributed by atoms with Gasteiger partial charge in [0.25, 0.3) is 0 Å². The molecule has 1 heterocycles. The molecule has 0 saturated heterocycles. The average molecular weight is 277 g/mol. The van der Waals surface area contributed by atoms with Crippen LogP contribution in [0.25, 0.3) is 0 Å². The van der Waals surface area contributed by atoms with Gasteiger partial charge in [-0.1, -0.05) is 17.7 Å². The van der Waals surface area contributed by atoms with E-state index in [0.717, 1.165) is 12.1 Å².